The molecule has 0 bridgehead atoms. The van der Waals surface area contributed by atoms with Gasteiger partial charge in [-0.25, -0.2) is 9.97 Å². The Kier molecular flexibility index (Phi) is 5.71. The number of aromatic nitrogens is 4. The fourth-order valence-electron chi connectivity index (χ4n) is 2.34. The minimum atomic E-state index is -4.92. The number of halogens is 4. The summed E-state index contributed by atoms with van der Waals surface area (Å²) in [6.45, 7) is 1.61. The number of rotatable bonds is 5. The Morgan fingerprint density at radius 3 is 2.79 bits per heavy atom. The summed E-state index contributed by atoms with van der Waals surface area (Å²) in [5.41, 5.74) is -0.129. The number of ether oxygens (including phenoxy) is 1. The van der Waals surface area contributed by atoms with E-state index in [9.17, 15) is 18.0 Å². The van der Waals surface area contributed by atoms with Crippen LogP contribution in [0.4, 0.5) is 13.2 Å². The van der Waals surface area contributed by atoms with Crippen LogP contribution in [0.1, 0.15) is 34.0 Å². The maximum absolute atomic E-state index is 12.5. The Bertz CT molecular complexity index is 1090. The molecule has 3 aromatic rings. The van der Waals surface area contributed by atoms with Gasteiger partial charge < -0.3 is 10.1 Å². The lowest BCUT2D eigenvalue weighted by atomic mass is 10.2. The van der Waals surface area contributed by atoms with Gasteiger partial charge in [-0.2, -0.15) is 15.0 Å². The van der Waals surface area contributed by atoms with Crippen LogP contribution in [0.3, 0.4) is 0 Å². The zero-order valence-corrected chi connectivity index (χ0v) is 16.0. The molecule has 0 saturated heterocycles. The summed E-state index contributed by atoms with van der Waals surface area (Å²) < 4.78 is 42.4. The van der Waals surface area contributed by atoms with Gasteiger partial charge in [-0.3, -0.25) is 4.79 Å². The van der Waals surface area contributed by atoms with E-state index in [2.05, 4.69) is 25.1 Å². The van der Waals surface area contributed by atoms with Crippen LogP contribution in [0.25, 0.3) is 5.13 Å². The molecule has 0 aliphatic heterocycles. The molecule has 8 nitrogen and oxygen atoms in total. The number of benzene rings is 1. The normalized spacial score (nSPS) is 12.3. The average molecular weight is 443 g/mol. The molecular weight excluding hydrogens is 433 g/mol. The highest BCUT2D eigenvalue weighted by atomic mass is 35.5. The molecule has 0 saturated carbocycles. The van der Waals surface area contributed by atoms with Gasteiger partial charge in [0.2, 0.25) is 5.13 Å². The van der Waals surface area contributed by atoms with Crippen molar-refractivity contribution < 1.29 is 22.7 Å². The van der Waals surface area contributed by atoms with Gasteiger partial charge in [0.1, 0.15) is 23.0 Å². The number of hydrogen-bond acceptors (Lipinski definition) is 7. The predicted octanol–water partition coefficient (Wildman–Crippen LogP) is 3.64. The summed E-state index contributed by atoms with van der Waals surface area (Å²) in [6.07, 6.45) is -2.29. The van der Waals surface area contributed by atoms with Crippen molar-refractivity contribution in [1.29, 1.82) is 5.26 Å². The van der Waals surface area contributed by atoms with E-state index in [1.807, 2.05) is 6.07 Å². The highest BCUT2D eigenvalue weighted by molar-refractivity contribution is 7.14. The molecule has 0 aliphatic carbocycles. The van der Waals surface area contributed by atoms with Crippen LogP contribution in [0.5, 0.6) is 5.75 Å². The van der Waals surface area contributed by atoms with Crippen molar-refractivity contribution in [3.8, 4) is 17.0 Å². The van der Waals surface area contributed by atoms with Gasteiger partial charge in [-0.05, 0) is 25.1 Å². The largest absolute Gasteiger partial charge is 0.573 e. The van der Waals surface area contributed by atoms with E-state index in [-0.39, 0.29) is 10.6 Å². The SMILES string of the molecule is CC(NC(=O)c1cc(Cl)cc(OC(F)(F)F)c1)c1ncnn1-c1ncc(C#N)s1. The summed E-state index contributed by atoms with van der Waals surface area (Å²) >= 11 is 6.87. The van der Waals surface area contributed by atoms with E-state index in [1.54, 1.807) is 6.92 Å². The molecule has 29 heavy (non-hydrogen) atoms. The molecule has 1 aromatic carbocycles. The number of nitrogens with zero attached hydrogens (tertiary/aromatic N) is 5. The highest BCUT2D eigenvalue weighted by Gasteiger charge is 2.31. The topological polar surface area (TPSA) is 106 Å². The van der Waals surface area contributed by atoms with E-state index >= 15 is 0 Å². The molecule has 1 amide bonds. The second kappa shape index (κ2) is 8.06. The first-order valence-electron chi connectivity index (χ1n) is 7.79. The van der Waals surface area contributed by atoms with Gasteiger partial charge in [-0.15, -0.1) is 13.2 Å². The Hall–Kier alpha value is -3.17. The van der Waals surface area contributed by atoms with E-state index in [0.717, 1.165) is 23.5 Å². The first kappa shape index (κ1) is 20.6. The molecule has 0 aliphatic rings. The van der Waals surface area contributed by atoms with E-state index < -0.39 is 24.1 Å². The molecule has 2 heterocycles. The Morgan fingerprint density at radius 1 is 1.38 bits per heavy atom. The van der Waals surface area contributed by atoms with E-state index in [0.29, 0.717) is 15.8 Å². The van der Waals surface area contributed by atoms with Crippen molar-refractivity contribution in [2.75, 3.05) is 0 Å². The van der Waals surface area contributed by atoms with Crippen molar-refractivity contribution in [1.82, 2.24) is 25.1 Å². The average Bonchev–Trinajstić information content (AvgIpc) is 3.28. The number of amides is 1. The van der Waals surface area contributed by atoms with Crippen molar-refractivity contribution in [3.63, 3.8) is 0 Å². The quantitative estimate of drug-likeness (QED) is 0.646. The smallest absolute Gasteiger partial charge is 0.406 e. The van der Waals surface area contributed by atoms with Gasteiger partial charge in [0.15, 0.2) is 5.82 Å². The van der Waals surface area contributed by atoms with Crippen molar-refractivity contribution in [2.24, 2.45) is 0 Å². The summed E-state index contributed by atoms with van der Waals surface area (Å²) in [5, 5.41) is 15.8. The Labute approximate surface area is 170 Å². The standard InChI is InChI=1S/C16H10ClF3N6O2S/c1-8(13-23-7-24-26(13)15-22-6-12(5-21)29-15)25-14(27)9-2-10(17)4-11(3-9)28-16(18,19)20/h2-4,6-8H,1H3,(H,25,27). The second-order valence-corrected chi connectivity index (χ2v) is 7.01. The van der Waals surface area contributed by atoms with E-state index in [1.165, 1.54) is 23.3 Å². The lowest BCUT2D eigenvalue weighted by Gasteiger charge is -2.15. The molecule has 2 aromatic heterocycles. The number of alkyl halides is 3. The first-order chi connectivity index (χ1) is 13.7. The molecule has 1 atom stereocenters. The maximum atomic E-state index is 12.5. The third kappa shape index (κ3) is 5.01. The number of carbonyl (C=O) groups is 1. The van der Waals surface area contributed by atoms with Crippen molar-refractivity contribution in [2.45, 2.75) is 19.3 Å². The van der Waals surface area contributed by atoms with Crippen molar-refractivity contribution in [3.05, 3.63) is 52.0 Å². The number of nitriles is 1. The molecule has 1 unspecified atom stereocenters. The monoisotopic (exact) mass is 442 g/mol. The molecule has 0 fully saturated rings. The van der Waals surface area contributed by atoms with Crippen LogP contribution < -0.4 is 10.1 Å². The van der Waals surface area contributed by atoms with Crippen LogP contribution in [-0.4, -0.2) is 32.0 Å². The molecule has 0 radical (unpaired) electrons. The molecule has 0 spiro atoms. The van der Waals surface area contributed by atoms with Crippen LogP contribution >= 0.6 is 22.9 Å². The number of nitrogens with one attached hydrogen (secondary N) is 1. The fraction of sp³-hybridized carbons (Fsp3) is 0.188. The van der Waals surface area contributed by atoms with Crippen LogP contribution in [0.15, 0.2) is 30.7 Å². The predicted molar refractivity (Wildman–Crippen MR) is 95.8 cm³/mol. The molecule has 1 N–H and O–H groups in total. The molecule has 13 heteroatoms. The van der Waals surface area contributed by atoms with Gasteiger partial charge in [0, 0.05) is 10.6 Å². The van der Waals surface area contributed by atoms with Crippen LogP contribution in [0, 0.1) is 11.3 Å². The van der Waals surface area contributed by atoms with Gasteiger partial charge >= 0.3 is 6.36 Å². The Morgan fingerprint density at radius 2 is 2.14 bits per heavy atom. The lowest BCUT2D eigenvalue weighted by Crippen LogP contribution is -2.29. The maximum Gasteiger partial charge on any atom is 0.573 e. The highest BCUT2D eigenvalue weighted by Crippen LogP contribution is 2.27. The van der Waals surface area contributed by atoms with Gasteiger partial charge in [0.25, 0.3) is 5.91 Å². The zero-order valence-electron chi connectivity index (χ0n) is 14.4. The summed E-state index contributed by atoms with van der Waals surface area (Å²) in [5.74, 6) is -0.998. The number of carbonyl (C=O) groups excluding carboxylic acids is 1. The minimum Gasteiger partial charge on any atom is -0.406 e. The number of hydrogen-bond donors (Lipinski definition) is 1. The Balaban J connectivity index is 1.80. The molecular formula is C16H10ClF3N6O2S. The summed E-state index contributed by atoms with van der Waals surface area (Å²) in [4.78, 5) is 21.0. The third-order valence-corrected chi connectivity index (χ3v) is 4.56. The van der Waals surface area contributed by atoms with Gasteiger partial charge in [0.05, 0.1) is 12.2 Å². The zero-order chi connectivity index (χ0) is 21.2. The molecule has 150 valence electrons. The van der Waals surface area contributed by atoms with Gasteiger partial charge in [-0.1, -0.05) is 22.9 Å². The van der Waals surface area contributed by atoms with E-state index in [4.69, 9.17) is 16.9 Å². The molecule has 3 rings (SSSR count). The summed E-state index contributed by atoms with van der Waals surface area (Å²) in [7, 11) is 0. The van der Waals surface area contributed by atoms with Crippen LogP contribution in [-0.2, 0) is 0 Å². The lowest BCUT2D eigenvalue weighted by molar-refractivity contribution is -0.274. The minimum absolute atomic E-state index is 0.0976. The summed E-state index contributed by atoms with van der Waals surface area (Å²) in [6, 6.07) is 4.34. The second-order valence-electron chi connectivity index (χ2n) is 5.57. The van der Waals surface area contributed by atoms with Crippen molar-refractivity contribution >= 4 is 28.8 Å². The fourth-order valence-corrected chi connectivity index (χ4v) is 3.24. The first-order valence-corrected chi connectivity index (χ1v) is 8.99. The van der Waals surface area contributed by atoms with Crippen LogP contribution in [0.2, 0.25) is 5.02 Å². The number of thiazole rings is 1. The third-order valence-electron chi connectivity index (χ3n) is 3.46.